The number of ether oxygens (including phenoxy) is 1. The second-order valence-corrected chi connectivity index (χ2v) is 4.24. The van der Waals surface area contributed by atoms with E-state index in [1.165, 1.54) is 0 Å². The number of aryl methyl sites for hydroxylation is 1. The Bertz CT molecular complexity index is 327. The number of rotatable bonds is 8. The van der Waals surface area contributed by atoms with Crippen molar-refractivity contribution in [2.24, 2.45) is 0 Å². The molecule has 0 aliphatic heterocycles. The predicted octanol–water partition coefficient (Wildman–Crippen LogP) is 1.88. The van der Waals surface area contributed by atoms with E-state index < -0.39 is 5.60 Å². The van der Waals surface area contributed by atoms with Gasteiger partial charge in [0.15, 0.2) is 0 Å². The normalized spacial score (nSPS) is 14.8. The topological polar surface area (TPSA) is 60.2 Å². The van der Waals surface area contributed by atoms with Crippen LogP contribution in [0.4, 0.5) is 0 Å². The molecule has 0 spiro atoms. The molecule has 1 aromatic rings. The van der Waals surface area contributed by atoms with Crippen LogP contribution in [0.5, 0.6) is 0 Å². The summed E-state index contributed by atoms with van der Waals surface area (Å²) in [5.74, 6) is 1.34. The van der Waals surface area contributed by atoms with Crippen LogP contribution < -0.4 is 5.32 Å². The molecule has 0 saturated carbocycles. The van der Waals surface area contributed by atoms with E-state index in [1.807, 2.05) is 20.9 Å². The average Bonchev–Trinajstić information content (AvgIpc) is 2.79. The van der Waals surface area contributed by atoms with Crippen LogP contribution in [-0.4, -0.2) is 30.3 Å². The molecule has 0 radical (unpaired) electrons. The molecule has 98 valence electrons. The molecule has 0 amide bonds. The van der Waals surface area contributed by atoms with E-state index in [-0.39, 0.29) is 0 Å². The summed E-state index contributed by atoms with van der Waals surface area (Å²) in [6.45, 7) is 7.63. The van der Waals surface area contributed by atoms with Crippen molar-refractivity contribution in [3.8, 4) is 0 Å². The molecule has 0 saturated heterocycles. The van der Waals surface area contributed by atoms with Crippen LogP contribution in [0.3, 0.4) is 0 Å². The highest BCUT2D eigenvalue weighted by Gasteiger charge is 2.30. The number of nitrogens with one attached hydrogen (secondary N) is 1. The van der Waals surface area contributed by atoms with E-state index in [1.54, 1.807) is 0 Å². The van der Waals surface area contributed by atoms with Crippen molar-refractivity contribution < 1.29 is 9.26 Å². The Morgan fingerprint density at radius 3 is 2.76 bits per heavy atom. The fraction of sp³-hybridized carbons (Fsp3) is 0.833. The Hall–Kier alpha value is -0.940. The van der Waals surface area contributed by atoms with E-state index in [2.05, 4.69) is 22.4 Å². The minimum absolute atomic E-state index is 0.431. The van der Waals surface area contributed by atoms with Crippen LogP contribution in [0.25, 0.3) is 0 Å². The molecule has 17 heavy (non-hydrogen) atoms. The molecule has 1 N–H and O–H groups in total. The Balaban J connectivity index is 2.65. The van der Waals surface area contributed by atoms with E-state index >= 15 is 0 Å². The van der Waals surface area contributed by atoms with Gasteiger partial charge in [-0.2, -0.15) is 4.98 Å². The zero-order chi connectivity index (χ0) is 12.7. The molecule has 5 nitrogen and oxygen atoms in total. The van der Waals surface area contributed by atoms with Crippen LogP contribution >= 0.6 is 0 Å². The fourth-order valence-electron chi connectivity index (χ4n) is 1.63. The van der Waals surface area contributed by atoms with Crippen molar-refractivity contribution in [2.45, 2.75) is 45.6 Å². The van der Waals surface area contributed by atoms with Gasteiger partial charge in [-0.05, 0) is 40.3 Å². The van der Waals surface area contributed by atoms with Gasteiger partial charge in [0, 0.05) is 13.0 Å². The predicted molar refractivity (Wildman–Crippen MR) is 65.8 cm³/mol. The molecule has 5 heteroatoms. The van der Waals surface area contributed by atoms with Crippen molar-refractivity contribution >= 4 is 0 Å². The monoisotopic (exact) mass is 241 g/mol. The van der Waals surface area contributed by atoms with Gasteiger partial charge in [0.25, 0.3) is 0 Å². The van der Waals surface area contributed by atoms with Gasteiger partial charge in [0.2, 0.25) is 11.7 Å². The SMILES string of the molecule is CCOC(C)(CC)c1noc(CCCNC)n1. The lowest BCUT2D eigenvalue weighted by atomic mass is 10.0. The van der Waals surface area contributed by atoms with Gasteiger partial charge in [0.1, 0.15) is 5.60 Å². The van der Waals surface area contributed by atoms with Crippen LogP contribution in [0.2, 0.25) is 0 Å². The maximum atomic E-state index is 5.71. The zero-order valence-corrected chi connectivity index (χ0v) is 11.2. The maximum Gasteiger partial charge on any atom is 0.226 e. The number of aromatic nitrogens is 2. The van der Waals surface area contributed by atoms with E-state index in [4.69, 9.17) is 9.26 Å². The van der Waals surface area contributed by atoms with Gasteiger partial charge in [0.05, 0.1) is 0 Å². The summed E-state index contributed by atoms with van der Waals surface area (Å²) in [5.41, 5.74) is -0.431. The molecule has 1 heterocycles. The first-order valence-electron chi connectivity index (χ1n) is 6.28. The lowest BCUT2D eigenvalue weighted by molar-refractivity contribution is -0.0403. The first-order valence-corrected chi connectivity index (χ1v) is 6.28. The maximum absolute atomic E-state index is 5.71. The Morgan fingerprint density at radius 1 is 1.41 bits per heavy atom. The van der Waals surface area contributed by atoms with Crippen LogP contribution in [0.1, 0.15) is 45.3 Å². The van der Waals surface area contributed by atoms with Gasteiger partial charge in [-0.25, -0.2) is 0 Å². The minimum atomic E-state index is -0.431. The van der Waals surface area contributed by atoms with Gasteiger partial charge < -0.3 is 14.6 Å². The highest BCUT2D eigenvalue weighted by atomic mass is 16.5. The fourth-order valence-corrected chi connectivity index (χ4v) is 1.63. The molecule has 1 rings (SSSR count). The van der Waals surface area contributed by atoms with Gasteiger partial charge >= 0.3 is 0 Å². The van der Waals surface area contributed by atoms with Crippen molar-refractivity contribution in [1.29, 1.82) is 0 Å². The van der Waals surface area contributed by atoms with Crippen molar-refractivity contribution in [3.63, 3.8) is 0 Å². The Morgan fingerprint density at radius 2 is 2.18 bits per heavy atom. The summed E-state index contributed by atoms with van der Waals surface area (Å²) in [6, 6.07) is 0. The van der Waals surface area contributed by atoms with E-state index in [0.29, 0.717) is 18.3 Å². The average molecular weight is 241 g/mol. The van der Waals surface area contributed by atoms with Crippen molar-refractivity contribution in [2.75, 3.05) is 20.2 Å². The van der Waals surface area contributed by atoms with Gasteiger partial charge in [-0.1, -0.05) is 12.1 Å². The third kappa shape index (κ3) is 3.78. The molecular weight excluding hydrogens is 218 g/mol. The van der Waals surface area contributed by atoms with Crippen molar-refractivity contribution in [1.82, 2.24) is 15.5 Å². The standard InChI is InChI=1S/C12H23N3O2/c1-5-12(3,16-6-2)11-14-10(17-15-11)8-7-9-13-4/h13H,5-9H2,1-4H3. The number of hydrogen-bond acceptors (Lipinski definition) is 5. The Labute approximate surface area is 103 Å². The van der Waals surface area contributed by atoms with E-state index in [0.717, 1.165) is 25.8 Å². The minimum Gasteiger partial charge on any atom is -0.367 e. The number of hydrogen-bond donors (Lipinski definition) is 1. The third-order valence-corrected chi connectivity index (χ3v) is 2.90. The zero-order valence-electron chi connectivity index (χ0n) is 11.2. The van der Waals surface area contributed by atoms with Crippen molar-refractivity contribution in [3.05, 3.63) is 11.7 Å². The highest BCUT2D eigenvalue weighted by Crippen LogP contribution is 2.26. The second-order valence-electron chi connectivity index (χ2n) is 4.24. The van der Waals surface area contributed by atoms with Crippen LogP contribution in [0, 0.1) is 0 Å². The molecule has 0 bridgehead atoms. The smallest absolute Gasteiger partial charge is 0.226 e. The van der Waals surface area contributed by atoms with Gasteiger partial charge in [-0.3, -0.25) is 0 Å². The largest absolute Gasteiger partial charge is 0.367 e. The number of nitrogens with zero attached hydrogens (tertiary/aromatic N) is 2. The third-order valence-electron chi connectivity index (χ3n) is 2.90. The highest BCUT2D eigenvalue weighted by molar-refractivity contribution is 4.99. The quantitative estimate of drug-likeness (QED) is 0.704. The molecule has 1 aromatic heterocycles. The Kier molecular flexibility index (Phi) is 5.58. The molecule has 1 atom stereocenters. The first kappa shape index (κ1) is 14.1. The summed E-state index contributed by atoms with van der Waals surface area (Å²) in [7, 11) is 1.93. The summed E-state index contributed by atoms with van der Waals surface area (Å²) in [4.78, 5) is 4.41. The first-order chi connectivity index (χ1) is 8.16. The van der Waals surface area contributed by atoms with Gasteiger partial charge in [-0.15, -0.1) is 0 Å². The van der Waals surface area contributed by atoms with E-state index in [9.17, 15) is 0 Å². The lowest BCUT2D eigenvalue weighted by Crippen LogP contribution is -2.26. The summed E-state index contributed by atoms with van der Waals surface area (Å²) < 4.78 is 10.9. The molecular formula is C12H23N3O2. The molecule has 0 aromatic carbocycles. The van der Waals surface area contributed by atoms with Crippen LogP contribution in [0.15, 0.2) is 4.52 Å². The lowest BCUT2D eigenvalue weighted by Gasteiger charge is -2.23. The summed E-state index contributed by atoms with van der Waals surface area (Å²) in [6.07, 6.45) is 2.63. The summed E-state index contributed by atoms with van der Waals surface area (Å²) >= 11 is 0. The second kappa shape index (κ2) is 6.71. The molecule has 1 unspecified atom stereocenters. The van der Waals surface area contributed by atoms with Crippen LogP contribution in [-0.2, 0) is 16.8 Å². The molecule has 0 aliphatic rings. The molecule has 0 aliphatic carbocycles. The summed E-state index contributed by atoms with van der Waals surface area (Å²) in [5, 5.41) is 7.12. The molecule has 0 fully saturated rings.